The van der Waals surface area contributed by atoms with Crippen molar-refractivity contribution in [3.63, 3.8) is 0 Å². The van der Waals surface area contributed by atoms with Crippen LogP contribution in [0.1, 0.15) is 10.4 Å². The van der Waals surface area contributed by atoms with Gasteiger partial charge in [-0.05, 0) is 47.9 Å². The van der Waals surface area contributed by atoms with E-state index >= 15 is 0 Å². The van der Waals surface area contributed by atoms with Crippen molar-refractivity contribution in [2.75, 3.05) is 5.32 Å². The van der Waals surface area contributed by atoms with Gasteiger partial charge >= 0.3 is 29.6 Å². The van der Waals surface area contributed by atoms with E-state index in [0.29, 0.717) is 5.39 Å². The Hall–Kier alpha value is -2.50. The predicted molar refractivity (Wildman–Crippen MR) is 94.6 cm³/mol. The summed E-state index contributed by atoms with van der Waals surface area (Å²) in [6, 6.07) is 11.3. The van der Waals surface area contributed by atoms with Crippen molar-refractivity contribution in [1.82, 2.24) is 0 Å². The smallest absolute Gasteiger partial charge is 0.744 e. The molecule has 0 heterocycles. The molecule has 0 radical (unpaired) electrons. The Kier molecular flexibility index (Phi) is 6.42. The molecule has 0 aromatic heterocycles. The van der Waals surface area contributed by atoms with E-state index in [1.807, 2.05) is 0 Å². The fraction of sp³-hybridized carbons (Fsp3) is 0. The van der Waals surface area contributed by atoms with Gasteiger partial charge in [0.1, 0.15) is 15.9 Å². The molecule has 0 saturated carbocycles. The predicted octanol–water partition coefficient (Wildman–Crippen LogP) is -0.386. The summed E-state index contributed by atoms with van der Waals surface area (Å²) >= 11 is 0. The van der Waals surface area contributed by atoms with Crippen molar-refractivity contribution in [1.29, 1.82) is 0 Å². The zero-order valence-corrected chi connectivity index (χ0v) is 17.3. The number of benzene rings is 3. The van der Waals surface area contributed by atoms with E-state index in [1.165, 1.54) is 42.5 Å². The first-order valence-corrected chi connectivity index (χ1v) is 8.84. The van der Waals surface area contributed by atoms with Crippen molar-refractivity contribution in [3.05, 3.63) is 70.3 Å². The largest absolute Gasteiger partial charge is 1.00 e. The van der Waals surface area contributed by atoms with Crippen LogP contribution >= 0.6 is 0 Å². The van der Waals surface area contributed by atoms with Crippen LogP contribution in [-0.2, 0) is 10.1 Å². The van der Waals surface area contributed by atoms with E-state index in [0.717, 1.165) is 12.1 Å². The van der Waals surface area contributed by atoms with Crippen LogP contribution in [0.3, 0.4) is 0 Å². The van der Waals surface area contributed by atoms with Gasteiger partial charge in [0, 0.05) is 28.8 Å². The molecule has 138 valence electrons. The molecule has 0 aliphatic rings. The van der Waals surface area contributed by atoms with Crippen LogP contribution in [0, 0.1) is 10.1 Å². The van der Waals surface area contributed by atoms with E-state index in [4.69, 9.17) is 0 Å². The number of aromatic hydroxyl groups is 1. The van der Waals surface area contributed by atoms with Crippen LogP contribution in [-0.4, -0.2) is 28.9 Å². The minimum Gasteiger partial charge on any atom is -0.744 e. The van der Waals surface area contributed by atoms with Gasteiger partial charge in [0.25, 0.3) is 11.6 Å². The number of non-ortho nitro benzene ring substituents is 1. The second-order valence-corrected chi connectivity index (χ2v) is 6.97. The Morgan fingerprint density at radius 3 is 2.25 bits per heavy atom. The maximum atomic E-state index is 12.2. The van der Waals surface area contributed by atoms with E-state index in [9.17, 15) is 33.0 Å². The Bertz CT molecular complexity index is 1180. The maximum absolute atomic E-state index is 12.2. The molecule has 1 amide bonds. The first-order chi connectivity index (χ1) is 12.6. The normalized spacial score (nSPS) is 10.9. The van der Waals surface area contributed by atoms with Crippen LogP contribution in [0.15, 0.2) is 59.5 Å². The molecule has 28 heavy (non-hydrogen) atoms. The topological polar surface area (TPSA) is 150 Å². The van der Waals surface area contributed by atoms with Gasteiger partial charge in [-0.2, -0.15) is 0 Å². The number of anilines is 1. The molecule has 0 aliphatic carbocycles. The molecule has 3 aromatic carbocycles. The van der Waals surface area contributed by atoms with Gasteiger partial charge in [-0.15, -0.1) is 0 Å². The number of nitrogens with zero attached hydrogens (tertiary/aromatic N) is 1. The minimum atomic E-state index is -4.76. The van der Waals surface area contributed by atoms with Gasteiger partial charge in [-0.25, -0.2) is 8.42 Å². The van der Waals surface area contributed by atoms with E-state index < -0.39 is 25.8 Å². The van der Waals surface area contributed by atoms with Gasteiger partial charge in [0.05, 0.1) is 9.82 Å². The maximum Gasteiger partial charge on any atom is 1.00 e. The second kappa shape index (κ2) is 8.25. The molecule has 0 fully saturated rings. The molecular formula is C17H11N2NaO7S. The van der Waals surface area contributed by atoms with Gasteiger partial charge in [0.2, 0.25) is 0 Å². The molecule has 0 unspecified atom stereocenters. The van der Waals surface area contributed by atoms with Crippen LogP contribution in [0.4, 0.5) is 11.4 Å². The summed E-state index contributed by atoms with van der Waals surface area (Å²) in [4.78, 5) is 21.7. The number of phenolic OH excluding ortho intramolecular Hbond substituents is 1. The van der Waals surface area contributed by atoms with Gasteiger partial charge in [-0.3, -0.25) is 14.9 Å². The number of carbonyl (C=O) groups is 1. The summed E-state index contributed by atoms with van der Waals surface area (Å²) in [5.74, 6) is -0.920. The van der Waals surface area contributed by atoms with Crippen LogP contribution in [0.2, 0.25) is 0 Å². The fourth-order valence-corrected chi connectivity index (χ4v) is 3.01. The number of phenols is 1. The summed E-state index contributed by atoms with van der Waals surface area (Å²) < 4.78 is 33.5. The van der Waals surface area contributed by atoms with Crippen LogP contribution in [0.25, 0.3) is 10.8 Å². The first kappa shape index (κ1) is 21.8. The Labute approximate surface area is 181 Å². The average molecular weight is 410 g/mol. The molecule has 3 aromatic rings. The SMILES string of the molecule is O=C(Nc1ccc2c(O)cc(S(=O)(=O)[O-])cc2c1)c1ccc([N+](=O)[O-])cc1.[Na+]. The van der Waals surface area contributed by atoms with Crippen LogP contribution in [0.5, 0.6) is 5.75 Å². The third-order valence-electron chi connectivity index (χ3n) is 3.79. The Balaban J connectivity index is 0.00000280. The number of nitro benzene ring substituents is 1. The molecule has 0 spiro atoms. The number of rotatable bonds is 4. The molecule has 9 nitrogen and oxygen atoms in total. The summed E-state index contributed by atoms with van der Waals surface area (Å²) in [5.41, 5.74) is 0.309. The van der Waals surface area contributed by atoms with Gasteiger partial charge in [0.15, 0.2) is 0 Å². The number of nitro groups is 1. The summed E-state index contributed by atoms with van der Waals surface area (Å²) in [5, 5.41) is 23.6. The van der Waals surface area contributed by atoms with Crippen molar-refractivity contribution in [2.45, 2.75) is 4.90 Å². The number of amides is 1. The zero-order chi connectivity index (χ0) is 19.8. The van der Waals surface area contributed by atoms with Crippen molar-refractivity contribution in [2.24, 2.45) is 0 Å². The number of hydrogen-bond acceptors (Lipinski definition) is 7. The fourth-order valence-electron chi connectivity index (χ4n) is 2.48. The number of carbonyl (C=O) groups excluding carboxylic acids is 1. The molecule has 0 saturated heterocycles. The number of nitrogens with one attached hydrogen (secondary N) is 1. The molecule has 0 atom stereocenters. The van der Waals surface area contributed by atoms with E-state index in [1.54, 1.807) is 0 Å². The van der Waals surface area contributed by atoms with Crippen molar-refractivity contribution in [3.8, 4) is 5.75 Å². The third kappa shape index (κ3) is 4.66. The Morgan fingerprint density at radius 1 is 1.04 bits per heavy atom. The number of hydrogen-bond donors (Lipinski definition) is 2. The third-order valence-corrected chi connectivity index (χ3v) is 4.60. The average Bonchev–Trinajstić information content (AvgIpc) is 2.60. The van der Waals surface area contributed by atoms with E-state index in [-0.39, 0.29) is 57.6 Å². The number of fused-ring (bicyclic) bond motifs is 1. The standard InChI is InChI=1S/C17H12N2O7S.Na/c20-16-9-14(27(24,25)26)8-11-7-12(3-6-15(11)16)18-17(21)10-1-4-13(5-2-10)19(22)23;/h1-9,20H,(H,18,21)(H,24,25,26);/q;+1/p-1. The summed E-state index contributed by atoms with van der Waals surface area (Å²) in [6.07, 6.45) is 0. The molecule has 11 heteroatoms. The first-order valence-electron chi connectivity index (χ1n) is 7.43. The summed E-state index contributed by atoms with van der Waals surface area (Å²) in [6.45, 7) is 0. The van der Waals surface area contributed by atoms with Gasteiger partial charge in [-0.1, -0.05) is 0 Å². The van der Waals surface area contributed by atoms with Crippen molar-refractivity contribution >= 4 is 38.2 Å². The summed E-state index contributed by atoms with van der Waals surface area (Å²) in [7, 11) is -4.76. The van der Waals surface area contributed by atoms with Gasteiger partial charge < -0.3 is 15.0 Å². The molecule has 0 bridgehead atoms. The van der Waals surface area contributed by atoms with Crippen LogP contribution < -0.4 is 34.9 Å². The zero-order valence-electron chi connectivity index (χ0n) is 14.4. The minimum absolute atomic E-state index is 0. The monoisotopic (exact) mass is 410 g/mol. The second-order valence-electron chi connectivity index (χ2n) is 5.59. The quantitative estimate of drug-likeness (QED) is 0.257. The molecule has 3 rings (SSSR count). The Morgan fingerprint density at radius 2 is 1.68 bits per heavy atom. The molecular weight excluding hydrogens is 399 g/mol. The van der Waals surface area contributed by atoms with Crippen molar-refractivity contribution < 1.29 is 57.4 Å². The van der Waals surface area contributed by atoms with E-state index in [2.05, 4.69) is 5.32 Å². The molecule has 0 aliphatic heterocycles. The molecule has 2 N–H and O–H groups in total.